The van der Waals surface area contributed by atoms with Gasteiger partial charge in [-0.3, -0.25) is 4.79 Å². The van der Waals surface area contributed by atoms with Crippen LogP contribution >= 0.6 is 0 Å². The van der Waals surface area contributed by atoms with E-state index in [1.54, 1.807) is 6.07 Å². The average molecular weight is 421 g/mol. The largest absolute Gasteiger partial charge is 0.416 e. The molecule has 0 aliphatic heterocycles. The topological polar surface area (TPSA) is 33.5 Å². The lowest BCUT2D eigenvalue weighted by Gasteiger charge is -2.72. The molecular formula is C23H25F4N2O+. The molecule has 0 heterocycles. The first-order chi connectivity index (χ1) is 14.0. The molecule has 0 aromatic heterocycles. The third kappa shape index (κ3) is 3.60. The highest BCUT2D eigenvalue weighted by molar-refractivity contribution is 5.93. The van der Waals surface area contributed by atoms with E-state index in [4.69, 9.17) is 0 Å². The summed E-state index contributed by atoms with van der Waals surface area (Å²) in [6, 6.07) is 11.2. The molecule has 2 aromatic carbocycles. The quantitative estimate of drug-likeness (QED) is 0.678. The van der Waals surface area contributed by atoms with Crippen molar-refractivity contribution < 1.29 is 27.3 Å². The van der Waals surface area contributed by atoms with Crippen molar-refractivity contribution in [1.82, 2.24) is 0 Å². The molecule has 3 saturated carbocycles. The van der Waals surface area contributed by atoms with Crippen LogP contribution in [0.3, 0.4) is 0 Å². The van der Waals surface area contributed by atoms with Crippen LogP contribution in [0, 0.1) is 17.2 Å². The molecule has 30 heavy (non-hydrogen) atoms. The lowest BCUT2D eigenvalue weighted by Crippen LogP contribution is -3.22. The number of rotatable bonds is 6. The third-order valence-electron chi connectivity index (χ3n) is 7.12. The van der Waals surface area contributed by atoms with E-state index in [2.05, 4.69) is 5.32 Å². The maximum atomic E-state index is 13.0. The Morgan fingerprint density at radius 1 is 1.13 bits per heavy atom. The second kappa shape index (κ2) is 7.08. The van der Waals surface area contributed by atoms with Gasteiger partial charge in [-0.1, -0.05) is 19.1 Å². The van der Waals surface area contributed by atoms with E-state index in [0.717, 1.165) is 25.3 Å². The van der Waals surface area contributed by atoms with Gasteiger partial charge in [0.1, 0.15) is 12.4 Å². The summed E-state index contributed by atoms with van der Waals surface area (Å²) in [5, 5.41) is 2.85. The molecule has 1 unspecified atom stereocenters. The van der Waals surface area contributed by atoms with Crippen molar-refractivity contribution in [1.29, 1.82) is 0 Å². The van der Waals surface area contributed by atoms with Crippen molar-refractivity contribution in [2.75, 3.05) is 12.4 Å². The predicted octanol–water partition coefficient (Wildman–Crippen LogP) is 4.06. The van der Waals surface area contributed by atoms with Crippen LogP contribution in [0.25, 0.3) is 0 Å². The Hall–Kier alpha value is -2.41. The molecular weight excluding hydrogens is 396 g/mol. The van der Waals surface area contributed by atoms with Gasteiger partial charge in [0.05, 0.1) is 18.2 Å². The maximum absolute atomic E-state index is 13.0. The molecule has 3 aliphatic rings. The molecule has 3 nitrogen and oxygen atoms in total. The first-order valence-corrected chi connectivity index (χ1v) is 10.1. The van der Waals surface area contributed by atoms with Gasteiger partial charge >= 0.3 is 6.18 Å². The molecule has 7 heteroatoms. The summed E-state index contributed by atoms with van der Waals surface area (Å²) < 4.78 is 51.9. The second-order valence-corrected chi connectivity index (χ2v) is 9.05. The van der Waals surface area contributed by atoms with Gasteiger partial charge in [-0.2, -0.15) is 13.2 Å². The van der Waals surface area contributed by atoms with E-state index in [9.17, 15) is 22.4 Å². The molecule has 2 atom stereocenters. The fourth-order valence-electron chi connectivity index (χ4n) is 5.19. The van der Waals surface area contributed by atoms with Gasteiger partial charge < -0.3 is 10.2 Å². The third-order valence-corrected chi connectivity index (χ3v) is 7.12. The van der Waals surface area contributed by atoms with E-state index < -0.39 is 11.7 Å². The Morgan fingerprint density at radius 2 is 1.77 bits per heavy atom. The first kappa shape index (κ1) is 20.8. The highest BCUT2D eigenvalue weighted by atomic mass is 19.4. The average Bonchev–Trinajstić information content (AvgIpc) is 2.60. The minimum absolute atomic E-state index is 0.0403. The fraction of sp³-hybridized carbons (Fsp3) is 0.435. The van der Waals surface area contributed by atoms with Crippen molar-refractivity contribution in [3.05, 3.63) is 65.5 Å². The second-order valence-electron chi connectivity index (χ2n) is 9.05. The standard InChI is InChI=1S/C23H24F4N2O/c1-15(20(30)28-19-8-6-18(24)7-9-19)21-12-22(13-21,14-21)29(2)11-16-4-3-5-17(10-16)23(25,26)27/h3-10,15H,11-14H2,1-2H3,(H,28,30)/p+1/t15-,21?,22?/m1/s1. The summed E-state index contributed by atoms with van der Waals surface area (Å²) in [5.74, 6) is -0.606. The van der Waals surface area contributed by atoms with E-state index in [0.29, 0.717) is 17.8 Å². The van der Waals surface area contributed by atoms with Gasteiger partial charge in [-0.25, -0.2) is 4.39 Å². The minimum atomic E-state index is -4.34. The molecule has 2 N–H and O–H groups in total. The Bertz CT molecular complexity index is 935. The van der Waals surface area contributed by atoms with Crippen LogP contribution in [0.2, 0.25) is 0 Å². The Balaban J connectivity index is 1.34. The van der Waals surface area contributed by atoms with Gasteiger partial charge in [0, 0.05) is 36.4 Å². The zero-order valence-corrected chi connectivity index (χ0v) is 16.9. The van der Waals surface area contributed by atoms with E-state index in [1.165, 1.54) is 41.3 Å². The van der Waals surface area contributed by atoms with Crippen LogP contribution in [0.5, 0.6) is 0 Å². The summed E-state index contributed by atoms with van der Waals surface area (Å²) >= 11 is 0. The summed E-state index contributed by atoms with van der Waals surface area (Å²) in [6.07, 6.45) is -1.66. The number of alkyl halides is 3. The highest BCUT2D eigenvalue weighted by Gasteiger charge is 2.75. The SMILES string of the molecule is C[C@H](C(=O)Nc1ccc(F)cc1)C12CC([NH+](C)Cc3cccc(C(F)(F)F)c3)(C1)C2. The van der Waals surface area contributed by atoms with Crippen molar-refractivity contribution in [2.24, 2.45) is 11.3 Å². The zero-order valence-electron chi connectivity index (χ0n) is 16.9. The highest BCUT2D eigenvalue weighted by Crippen LogP contribution is 2.69. The molecule has 5 rings (SSSR count). The molecule has 3 fully saturated rings. The van der Waals surface area contributed by atoms with Crippen LogP contribution < -0.4 is 10.2 Å². The van der Waals surface area contributed by atoms with Crippen LogP contribution in [-0.2, 0) is 17.5 Å². The van der Waals surface area contributed by atoms with Crippen LogP contribution in [-0.4, -0.2) is 18.5 Å². The smallest absolute Gasteiger partial charge is 0.329 e. The molecule has 0 radical (unpaired) electrons. The Kier molecular flexibility index (Phi) is 4.92. The molecule has 0 saturated heterocycles. The summed E-state index contributed by atoms with van der Waals surface area (Å²) in [6.45, 7) is 2.44. The molecule has 2 aromatic rings. The van der Waals surface area contributed by atoms with Crippen molar-refractivity contribution in [2.45, 2.75) is 44.4 Å². The molecule has 3 aliphatic carbocycles. The number of amides is 1. The summed E-state index contributed by atoms with van der Waals surface area (Å²) in [5.41, 5.74) is 0.621. The van der Waals surface area contributed by atoms with E-state index in [-0.39, 0.29) is 28.6 Å². The van der Waals surface area contributed by atoms with Gasteiger partial charge in [-0.15, -0.1) is 0 Å². The minimum Gasteiger partial charge on any atom is -0.329 e. The number of hydrogen-bond donors (Lipinski definition) is 2. The van der Waals surface area contributed by atoms with Crippen LogP contribution in [0.15, 0.2) is 48.5 Å². The van der Waals surface area contributed by atoms with E-state index in [1.807, 2.05) is 14.0 Å². The normalized spacial score (nSPS) is 26.9. The maximum Gasteiger partial charge on any atom is 0.416 e. The first-order valence-electron chi connectivity index (χ1n) is 10.1. The number of carbonyl (C=O) groups excluding carboxylic acids is 1. The number of nitrogens with one attached hydrogen (secondary N) is 2. The van der Waals surface area contributed by atoms with E-state index >= 15 is 0 Å². The van der Waals surface area contributed by atoms with Gasteiger partial charge in [-0.05, 0) is 41.8 Å². The monoisotopic (exact) mass is 421 g/mol. The molecule has 0 spiro atoms. The molecule has 160 valence electrons. The lowest BCUT2D eigenvalue weighted by atomic mass is 9.35. The number of quaternary nitrogens is 1. The Morgan fingerprint density at radius 3 is 2.37 bits per heavy atom. The van der Waals surface area contributed by atoms with Gasteiger partial charge in [0.2, 0.25) is 5.91 Å². The lowest BCUT2D eigenvalue weighted by molar-refractivity contribution is -0.976. The fourth-order valence-corrected chi connectivity index (χ4v) is 5.19. The number of halogens is 4. The molecule has 2 bridgehead atoms. The van der Waals surface area contributed by atoms with Gasteiger partial charge in [0.25, 0.3) is 0 Å². The number of anilines is 1. The van der Waals surface area contributed by atoms with Crippen molar-refractivity contribution in [3.63, 3.8) is 0 Å². The van der Waals surface area contributed by atoms with Crippen molar-refractivity contribution in [3.8, 4) is 0 Å². The number of benzene rings is 2. The Labute approximate surface area is 173 Å². The zero-order chi connectivity index (χ0) is 21.7. The summed E-state index contributed by atoms with van der Waals surface area (Å²) in [7, 11) is 2.02. The number of hydrogen-bond acceptors (Lipinski definition) is 1. The van der Waals surface area contributed by atoms with Crippen LogP contribution in [0.1, 0.15) is 37.3 Å². The predicted molar refractivity (Wildman–Crippen MR) is 105 cm³/mol. The van der Waals surface area contributed by atoms with Crippen molar-refractivity contribution >= 4 is 11.6 Å². The number of carbonyl (C=O) groups is 1. The molecule has 1 amide bonds. The van der Waals surface area contributed by atoms with Crippen LogP contribution in [0.4, 0.5) is 23.2 Å². The van der Waals surface area contributed by atoms with Gasteiger partial charge in [0.15, 0.2) is 0 Å². The summed E-state index contributed by atoms with van der Waals surface area (Å²) in [4.78, 5) is 13.8.